The number of ether oxygens (including phenoxy) is 1. The van der Waals surface area contributed by atoms with Gasteiger partial charge in [-0.2, -0.15) is 0 Å². The van der Waals surface area contributed by atoms with Gasteiger partial charge in [-0.05, 0) is 70.5 Å². The Balaban J connectivity index is 1.66. The molecule has 0 spiro atoms. The van der Waals surface area contributed by atoms with Crippen molar-refractivity contribution in [2.45, 2.75) is 45.2 Å². The highest BCUT2D eigenvalue weighted by molar-refractivity contribution is 7.95. The summed E-state index contributed by atoms with van der Waals surface area (Å²) in [5.41, 5.74) is -1.37. The summed E-state index contributed by atoms with van der Waals surface area (Å²) in [6.07, 6.45) is 1.20. The van der Waals surface area contributed by atoms with E-state index < -0.39 is 24.3 Å². The van der Waals surface area contributed by atoms with E-state index in [1.165, 1.54) is 15.9 Å². The van der Waals surface area contributed by atoms with Gasteiger partial charge in [-0.15, -0.1) is 0 Å². The van der Waals surface area contributed by atoms with Gasteiger partial charge < -0.3 is 15.0 Å². The van der Waals surface area contributed by atoms with Gasteiger partial charge in [0.15, 0.2) is 0 Å². The number of carbonyl (C=O) groups excluding carboxylic acids is 1. The molecule has 1 atom stereocenters. The summed E-state index contributed by atoms with van der Waals surface area (Å²) in [5, 5.41) is 17.6. The number of esters is 1. The van der Waals surface area contributed by atoms with Gasteiger partial charge in [0.2, 0.25) is 0 Å². The lowest BCUT2D eigenvalue weighted by Gasteiger charge is -2.47. The fourth-order valence-corrected chi connectivity index (χ4v) is 9.47. The minimum absolute atomic E-state index is 0.274. The summed E-state index contributed by atoms with van der Waals surface area (Å²) < 4.78 is 5.95. The number of hydrogen-bond donors (Lipinski definition) is 0. The van der Waals surface area contributed by atoms with E-state index in [1.807, 2.05) is 45.9 Å². The molecule has 0 saturated carbocycles. The van der Waals surface area contributed by atoms with Crippen LogP contribution in [0.2, 0.25) is 0 Å². The van der Waals surface area contributed by atoms with Crippen molar-refractivity contribution >= 4 is 29.1 Å². The van der Waals surface area contributed by atoms with Gasteiger partial charge in [0, 0.05) is 11.1 Å². The minimum atomic E-state index is -2.06. The second-order valence-electron chi connectivity index (χ2n) is 10.2. The lowest BCUT2D eigenvalue weighted by Crippen LogP contribution is -2.47. The zero-order valence-electron chi connectivity index (χ0n) is 20.5. The molecule has 3 aromatic rings. The maximum absolute atomic E-state index is 13.2. The molecule has 0 aliphatic carbocycles. The molecule has 1 heterocycles. The van der Waals surface area contributed by atoms with Crippen LogP contribution in [0.5, 0.6) is 0 Å². The number of rotatable bonds is 7. The highest BCUT2D eigenvalue weighted by Crippen LogP contribution is 2.55. The molecule has 1 saturated heterocycles. The third-order valence-electron chi connectivity index (χ3n) is 7.18. The Bertz CT molecular complexity index is 1000. The molecule has 1 unspecified atom stereocenters. The van der Waals surface area contributed by atoms with E-state index in [1.54, 1.807) is 0 Å². The monoisotopic (exact) mass is 475 g/mol. The van der Waals surface area contributed by atoms with Crippen LogP contribution in [0.3, 0.4) is 0 Å². The quantitative estimate of drug-likeness (QED) is 0.360. The van der Waals surface area contributed by atoms with Crippen LogP contribution in [-0.4, -0.2) is 34.9 Å². The fourth-order valence-electron chi connectivity index (χ4n) is 5.39. The predicted octanol–water partition coefficient (Wildman–Crippen LogP) is 4.90. The first-order chi connectivity index (χ1) is 16.2. The Morgan fingerprint density at radius 3 is 1.62 bits per heavy atom. The van der Waals surface area contributed by atoms with Crippen LogP contribution >= 0.6 is 7.26 Å². The molecule has 1 aliphatic rings. The Labute approximate surface area is 203 Å². The van der Waals surface area contributed by atoms with Crippen LogP contribution < -0.4 is 15.9 Å². The summed E-state index contributed by atoms with van der Waals surface area (Å²) in [6, 6.07) is 31.7. The first kappa shape index (κ1) is 24.6. The Kier molecular flexibility index (Phi) is 6.96. The summed E-state index contributed by atoms with van der Waals surface area (Å²) in [7, 11) is -2.06. The Hall–Kier alpha value is -2.52. The first-order valence-corrected chi connectivity index (χ1v) is 13.9. The van der Waals surface area contributed by atoms with E-state index in [9.17, 15) is 10.0 Å². The number of nitrogens with zero attached hydrogens (tertiary/aromatic N) is 1. The highest BCUT2D eigenvalue weighted by Gasteiger charge is 2.51. The topological polar surface area (TPSA) is 52.6 Å². The van der Waals surface area contributed by atoms with Crippen molar-refractivity contribution in [1.29, 1.82) is 0 Å². The molecule has 0 aromatic heterocycles. The molecular formula is C29H34NO3P. The summed E-state index contributed by atoms with van der Waals surface area (Å²) in [6.45, 7) is 7.78. The van der Waals surface area contributed by atoms with E-state index in [0.29, 0.717) is 19.2 Å². The van der Waals surface area contributed by atoms with Crippen molar-refractivity contribution in [3.05, 3.63) is 96.2 Å². The lowest BCUT2D eigenvalue weighted by molar-refractivity contribution is -0.150. The molecule has 4 nitrogen and oxygen atoms in total. The molecule has 1 aliphatic heterocycles. The first-order valence-electron chi connectivity index (χ1n) is 11.9. The van der Waals surface area contributed by atoms with Crippen molar-refractivity contribution in [1.82, 2.24) is 5.06 Å². The lowest BCUT2D eigenvalue weighted by atomic mass is 9.87. The molecule has 34 heavy (non-hydrogen) atoms. The molecule has 0 N–H and O–H groups in total. The Morgan fingerprint density at radius 2 is 1.26 bits per heavy atom. The van der Waals surface area contributed by atoms with Crippen LogP contribution in [0.1, 0.15) is 34.1 Å². The van der Waals surface area contributed by atoms with Crippen molar-refractivity contribution in [3.63, 3.8) is 0 Å². The largest absolute Gasteiger partial charge is 0.784 e. The summed E-state index contributed by atoms with van der Waals surface area (Å²) in [4.78, 5) is 13.2. The molecule has 0 radical (unpaired) electrons. The molecule has 5 heteroatoms. The molecule has 0 amide bonds. The van der Waals surface area contributed by atoms with Gasteiger partial charge in [0.05, 0.1) is 5.92 Å². The van der Waals surface area contributed by atoms with Gasteiger partial charge in [-0.1, -0.05) is 54.6 Å². The Morgan fingerprint density at radius 1 is 0.853 bits per heavy atom. The van der Waals surface area contributed by atoms with Crippen molar-refractivity contribution in [3.8, 4) is 0 Å². The molecule has 1 fully saturated rings. The van der Waals surface area contributed by atoms with Crippen LogP contribution in [-0.2, 0) is 9.53 Å². The SMILES string of the molecule is CC1(C)CC(C(=O)OCC[P+](c2ccccc2)(c2ccccc2)c2ccccc2)C(C)(C)N1[O-]. The molecule has 4 rings (SSSR count). The zero-order valence-corrected chi connectivity index (χ0v) is 21.4. The number of hydrogen-bond acceptors (Lipinski definition) is 4. The van der Waals surface area contributed by atoms with E-state index >= 15 is 0 Å². The van der Waals surface area contributed by atoms with E-state index in [4.69, 9.17) is 4.74 Å². The van der Waals surface area contributed by atoms with Gasteiger partial charge in [-0.3, -0.25) is 4.79 Å². The molecule has 0 bridgehead atoms. The van der Waals surface area contributed by atoms with E-state index in [-0.39, 0.29) is 5.97 Å². The normalized spacial score (nSPS) is 19.6. The molecule has 178 valence electrons. The van der Waals surface area contributed by atoms with Crippen LogP contribution in [0.15, 0.2) is 91.0 Å². The predicted molar refractivity (Wildman–Crippen MR) is 142 cm³/mol. The van der Waals surface area contributed by atoms with Gasteiger partial charge in [0.1, 0.15) is 35.9 Å². The van der Waals surface area contributed by atoms with E-state index in [0.717, 1.165) is 5.06 Å². The highest BCUT2D eigenvalue weighted by atomic mass is 31.2. The van der Waals surface area contributed by atoms with Crippen molar-refractivity contribution in [2.75, 3.05) is 12.8 Å². The second kappa shape index (κ2) is 9.62. The average Bonchev–Trinajstić information content (AvgIpc) is 3.02. The third kappa shape index (κ3) is 4.43. The summed E-state index contributed by atoms with van der Waals surface area (Å²) in [5.74, 6) is -0.721. The average molecular weight is 476 g/mol. The smallest absolute Gasteiger partial charge is 0.310 e. The zero-order chi connectivity index (χ0) is 24.4. The van der Waals surface area contributed by atoms with Crippen molar-refractivity contribution in [2.24, 2.45) is 5.92 Å². The van der Waals surface area contributed by atoms with Gasteiger partial charge in [-0.25, -0.2) is 0 Å². The minimum Gasteiger partial charge on any atom is -0.784 e. The van der Waals surface area contributed by atoms with Crippen LogP contribution in [0.25, 0.3) is 0 Å². The molecular weight excluding hydrogens is 441 g/mol. The number of hydroxylamine groups is 2. The summed E-state index contributed by atoms with van der Waals surface area (Å²) >= 11 is 0. The van der Waals surface area contributed by atoms with Gasteiger partial charge in [0.25, 0.3) is 0 Å². The fraction of sp³-hybridized carbons (Fsp3) is 0.345. The second-order valence-corrected chi connectivity index (χ2v) is 13.8. The number of carbonyl (C=O) groups is 1. The van der Waals surface area contributed by atoms with Crippen LogP contribution in [0.4, 0.5) is 0 Å². The maximum Gasteiger partial charge on any atom is 0.310 e. The van der Waals surface area contributed by atoms with Crippen molar-refractivity contribution < 1.29 is 9.53 Å². The standard InChI is InChI=1S/C29H34NO3P/c1-28(2)22-26(29(3,4)30(28)32)27(31)33-20-21-34(23-14-8-5-9-15-23,24-16-10-6-11-17-24)25-18-12-7-13-19-25/h5-19,26H,20-22H2,1-4H3. The van der Waals surface area contributed by atoms with Crippen LogP contribution in [0, 0.1) is 11.1 Å². The maximum atomic E-state index is 13.2. The number of benzene rings is 3. The third-order valence-corrected chi connectivity index (χ3v) is 11.6. The van der Waals surface area contributed by atoms with Gasteiger partial charge >= 0.3 is 5.97 Å². The van der Waals surface area contributed by atoms with E-state index in [2.05, 4.69) is 72.8 Å². The molecule has 3 aromatic carbocycles.